The molecule has 0 atom stereocenters. The number of hydrogen-bond donors (Lipinski definition) is 0. The zero-order valence-corrected chi connectivity index (χ0v) is 17.2. The molecule has 0 saturated heterocycles. The van der Waals surface area contributed by atoms with Gasteiger partial charge in [0.1, 0.15) is 17.2 Å². The van der Waals surface area contributed by atoms with Crippen LogP contribution >= 0.6 is 0 Å². The summed E-state index contributed by atoms with van der Waals surface area (Å²) < 4.78 is 41.1. The quantitative estimate of drug-likeness (QED) is 0.504. The summed E-state index contributed by atoms with van der Waals surface area (Å²) in [5, 5.41) is 3.85. The minimum Gasteiger partial charge on any atom is -0.493 e. The molecule has 0 unspecified atom stereocenters. The number of esters is 1. The highest BCUT2D eigenvalue weighted by molar-refractivity contribution is 7.90. The second kappa shape index (κ2) is 8.19. The first-order valence-electron chi connectivity index (χ1n) is 9.28. The molecule has 0 bridgehead atoms. The fourth-order valence-corrected chi connectivity index (χ4v) is 4.56. The molecule has 2 heterocycles. The average Bonchev–Trinajstić information content (AvgIpc) is 3.31. The molecule has 31 heavy (non-hydrogen) atoms. The Morgan fingerprint density at radius 2 is 1.81 bits per heavy atom. The molecular weight excluding hydrogens is 426 g/mol. The molecule has 3 aromatic rings. The maximum absolute atomic E-state index is 12.5. The van der Waals surface area contributed by atoms with E-state index < -0.39 is 28.4 Å². The largest absolute Gasteiger partial charge is 0.493 e. The minimum absolute atomic E-state index is 0.00791. The number of nitrogens with zero attached hydrogens (tertiary/aromatic N) is 3. The highest BCUT2D eigenvalue weighted by Gasteiger charge is 2.42. The lowest BCUT2D eigenvalue weighted by molar-refractivity contribution is -0.145. The van der Waals surface area contributed by atoms with E-state index in [0.717, 1.165) is 0 Å². The molecular formula is C20H17N3O7S. The molecule has 1 aromatic heterocycles. The topological polar surface area (TPSA) is 129 Å². The molecule has 10 nitrogen and oxygen atoms in total. The lowest BCUT2D eigenvalue weighted by atomic mass is 10.2. The van der Waals surface area contributed by atoms with E-state index in [-0.39, 0.29) is 28.8 Å². The van der Waals surface area contributed by atoms with Crippen LogP contribution in [-0.4, -0.2) is 47.9 Å². The Morgan fingerprint density at radius 1 is 1.10 bits per heavy atom. The average molecular weight is 443 g/mol. The zero-order chi connectivity index (χ0) is 22.0. The van der Waals surface area contributed by atoms with Gasteiger partial charge in [0.25, 0.3) is 21.8 Å². The molecule has 1 aliphatic heterocycles. The number of fused-ring (bicyclic) bond motifs is 1. The maximum Gasteiger partial charge on any atom is 0.327 e. The molecule has 0 saturated carbocycles. The van der Waals surface area contributed by atoms with Gasteiger partial charge in [-0.1, -0.05) is 29.4 Å². The Labute approximate surface area is 177 Å². The summed E-state index contributed by atoms with van der Waals surface area (Å²) >= 11 is 0. The fourth-order valence-electron chi connectivity index (χ4n) is 3.05. The fraction of sp³-hybridized carbons (Fsp3) is 0.200. The second-order valence-electron chi connectivity index (χ2n) is 6.41. The van der Waals surface area contributed by atoms with Crippen molar-refractivity contribution in [3.8, 4) is 17.1 Å². The Bertz CT molecular complexity index is 1250. The Balaban J connectivity index is 1.41. The molecule has 0 radical (unpaired) electrons. The number of ether oxygens (including phenoxy) is 2. The predicted molar refractivity (Wildman–Crippen MR) is 105 cm³/mol. The summed E-state index contributed by atoms with van der Waals surface area (Å²) in [5.41, 5.74) is 0.627. The van der Waals surface area contributed by atoms with Crippen LogP contribution in [0.5, 0.6) is 5.75 Å². The highest BCUT2D eigenvalue weighted by Crippen LogP contribution is 2.30. The first-order valence-corrected chi connectivity index (χ1v) is 10.7. The number of carbonyl (C=O) groups is 2. The van der Waals surface area contributed by atoms with Gasteiger partial charge in [-0.05, 0) is 31.2 Å². The van der Waals surface area contributed by atoms with Gasteiger partial charge in [-0.25, -0.2) is 12.7 Å². The minimum atomic E-state index is -4.10. The molecule has 11 heteroatoms. The van der Waals surface area contributed by atoms with Crippen LogP contribution in [0, 0.1) is 0 Å². The molecule has 1 aliphatic rings. The normalized spacial score (nSPS) is 14.4. The zero-order valence-electron chi connectivity index (χ0n) is 16.3. The van der Waals surface area contributed by atoms with Gasteiger partial charge in [-0.15, -0.1) is 0 Å². The van der Waals surface area contributed by atoms with Crippen LogP contribution in [0.4, 0.5) is 0 Å². The van der Waals surface area contributed by atoms with E-state index in [1.807, 2.05) is 13.0 Å². The van der Waals surface area contributed by atoms with Crippen molar-refractivity contribution in [3.05, 3.63) is 60.0 Å². The third-order valence-corrected chi connectivity index (χ3v) is 6.22. The molecule has 0 aliphatic carbocycles. The van der Waals surface area contributed by atoms with E-state index in [4.69, 9.17) is 14.0 Å². The number of para-hydroxylation sites is 1. The van der Waals surface area contributed by atoms with Crippen molar-refractivity contribution in [3.63, 3.8) is 0 Å². The van der Waals surface area contributed by atoms with E-state index in [1.54, 1.807) is 24.3 Å². The number of rotatable bonds is 7. The van der Waals surface area contributed by atoms with Crippen LogP contribution in [0.2, 0.25) is 0 Å². The molecule has 0 spiro atoms. The summed E-state index contributed by atoms with van der Waals surface area (Å²) in [6.45, 7) is 1.17. The molecule has 0 fully saturated rings. The monoisotopic (exact) mass is 443 g/mol. The van der Waals surface area contributed by atoms with Gasteiger partial charge in [0.15, 0.2) is 6.61 Å². The van der Waals surface area contributed by atoms with Crippen molar-refractivity contribution in [2.75, 3.05) is 13.2 Å². The highest BCUT2D eigenvalue weighted by atomic mass is 32.2. The standard InChI is InChI=1S/C20H17N3O7S/c1-2-28-15-9-5-3-7-13(15)19-21-17(30-22-19)12-29-18(24)11-23-20(25)14-8-4-6-10-16(14)31(23,26)27/h3-10H,2,11-12H2,1H3. The Kier molecular flexibility index (Phi) is 5.42. The van der Waals surface area contributed by atoms with Crippen molar-refractivity contribution in [2.45, 2.75) is 18.4 Å². The van der Waals surface area contributed by atoms with Gasteiger partial charge in [0.2, 0.25) is 5.82 Å². The van der Waals surface area contributed by atoms with E-state index in [0.29, 0.717) is 22.2 Å². The number of carbonyl (C=O) groups excluding carboxylic acids is 2. The number of benzene rings is 2. The third kappa shape index (κ3) is 3.87. The lowest BCUT2D eigenvalue weighted by Crippen LogP contribution is -2.35. The van der Waals surface area contributed by atoms with Crippen LogP contribution < -0.4 is 4.74 Å². The van der Waals surface area contributed by atoms with E-state index >= 15 is 0 Å². The van der Waals surface area contributed by atoms with Crippen LogP contribution in [0.3, 0.4) is 0 Å². The third-order valence-electron chi connectivity index (χ3n) is 4.44. The van der Waals surface area contributed by atoms with Crippen molar-refractivity contribution < 1.29 is 32.0 Å². The van der Waals surface area contributed by atoms with Crippen molar-refractivity contribution in [1.82, 2.24) is 14.4 Å². The van der Waals surface area contributed by atoms with E-state index in [1.165, 1.54) is 18.2 Å². The van der Waals surface area contributed by atoms with Gasteiger partial charge in [0.05, 0.1) is 17.7 Å². The molecule has 4 rings (SSSR count). The molecule has 1 amide bonds. The number of hydrogen-bond acceptors (Lipinski definition) is 9. The lowest BCUT2D eigenvalue weighted by Gasteiger charge is -2.13. The van der Waals surface area contributed by atoms with Crippen molar-refractivity contribution in [1.29, 1.82) is 0 Å². The Hall–Kier alpha value is -3.73. The van der Waals surface area contributed by atoms with Crippen LogP contribution in [0.25, 0.3) is 11.4 Å². The van der Waals surface area contributed by atoms with Crippen LogP contribution in [-0.2, 0) is 26.2 Å². The van der Waals surface area contributed by atoms with Gasteiger partial charge < -0.3 is 14.0 Å². The first kappa shape index (κ1) is 20.5. The molecule has 0 N–H and O–H groups in total. The summed E-state index contributed by atoms with van der Waals surface area (Å²) in [5.74, 6) is -0.873. The molecule has 160 valence electrons. The van der Waals surface area contributed by atoms with E-state index in [2.05, 4.69) is 10.1 Å². The number of sulfonamides is 1. The molecule has 2 aromatic carbocycles. The summed E-state index contributed by atoms with van der Waals surface area (Å²) in [4.78, 5) is 28.6. The van der Waals surface area contributed by atoms with Gasteiger partial charge in [-0.3, -0.25) is 9.59 Å². The SMILES string of the molecule is CCOc1ccccc1-c1noc(COC(=O)CN2C(=O)c3ccccc3S2(=O)=O)n1. The summed E-state index contributed by atoms with van der Waals surface area (Å²) in [6.07, 6.45) is 0. The Morgan fingerprint density at radius 3 is 2.55 bits per heavy atom. The van der Waals surface area contributed by atoms with Crippen LogP contribution in [0.15, 0.2) is 57.9 Å². The van der Waals surface area contributed by atoms with Gasteiger partial charge >= 0.3 is 5.97 Å². The van der Waals surface area contributed by atoms with Gasteiger partial charge in [-0.2, -0.15) is 4.98 Å². The summed E-state index contributed by atoms with van der Waals surface area (Å²) in [7, 11) is -4.10. The predicted octanol–water partition coefficient (Wildman–Crippen LogP) is 2.02. The van der Waals surface area contributed by atoms with E-state index in [9.17, 15) is 18.0 Å². The second-order valence-corrected chi connectivity index (χ2v) is 8.25. The van der Waals surface area contributed by atoms with Crippen LogP contribution in [0.1, 0.15) is 23.2 Å². The summed E-state index contributed by atoms with van der Waals surface area (Å²) in [6, 6.07) is 12.9. The van der Waals surface area contributed by atoms with Gasteiger partial charge in [0, 0.05) is 0 Å². The number of amides is 1. The maximum atomic E-state index is 12.5. The van der Waals surface area contributed by atoms with Crippen molar-refractivity contribution in [2.24, 2.45) is 0 Å². The first-order chi connectivity index (χ1) is 14.9. The smallest absolute Gasteiger partial charge is 0.327 e. The van der Waals surface area contributed by atoms with Crippen molar-refractivity contribution >= 4 is 21.9 Å². The number of aromatic nitrogens is 2.